The van der Waals surface area contributed by atoms with Crippen LogP contribution in [0, 0.1) is 11.6 Å². The van der Waals surface area contributed by atoms with Crippen LogP contribution in [0.3, 0.4) is 0 Å². The number of nitrogens with one attached hydrogen (secondary N) is 1. The van der Waals surface area contributed by atoms with Crippen LogP contribution in [0.2, 0.25) is 10.0 Å². The van der Waals surface area contributed by atoms with Crippen molar-refractivity contribution in [3.05, 3.63) is 63.1 Å². The third kappa shape index (κ3) is 3.43. The molecule has 3 nitrogen and oxygen atoms in total. The summed E-state index contributed by atoms with van der Waals surface area (Å²) in [5, 5.41) is 3.53. The molecular weight excluding hydrogens is 321 g/mol. The molecule has 1 amide bonds. The van der Waals surface area contributed by atoms with Crippen molar-refractivity contribution in [1.29, 1.82) is 0 Å². The molecule has 0 aromatic heterocycles. The van der Waals surface area contributed by atoms with Gasteiger partial charge in [-0.05, 0) is 18.2 Å². The Morgan fingerprint density at radius 3 is 2.33 bits per heavy atom. The smallest absolute Gasteiger partial charge is 0.251 e. The Hall–Kier alpha value is -1.85. The van der Waals surface area contributed by atoms with Crippen molar-refractivity contribution < 1.29 is 13.6 Å². The van der Waals surface area contributed by atoms with Crippen molar-refractivity contribution in [2.75, 3.05) is 5.32 Å². The molecule has 0 saturated carbocycles. The highest BCUT2D eigenvalue weighted by Gasteiger charge is 2.14. The van der Waals surface area contributed by atoms with E-state index in [0.717, 1.165) is 6.07 Å². The minimum absolute atomic E-state index is 0.0683. The molecule has 21 heavy (non-hydrogen) atoms. The van der Waals surface area contributed by atoms with Crippen LogP contribution >= 0.6 is 23.2 Å². The normalized spacial score (nSPS) is 10.5. The molecule has 0 unspecified atom stereocenters. The van der Waals surface area contributed by atoms with Crippen LogP contribution < -0.4 is 11.1 Å². The minimum Gasteiger partial charge on any atom is -0.378 e. The van der Waals surface area contributed by atoms with Gasteiger partial charge in [-0.15, -0.1) is 0 Å². The second-order valence-electron chi connectivity index (χ2n) is 4.23. The zero-order valence-electron chi connectivity index (χ0n) is 10.6. The molecular formula is C14H10Cl2F2N2O. The lowest BCUT2D eigenvalue weighted by Crippen LogP contribution is -2.14. The molecule has 0 fully saturated rings. The Bertz CT molecular complexity index is 687. The number of benzene rings is 2. The van der Waals surface area contributed by atoms with Crippen molar-refractivity contribution >= 4 is 34.8 Å². The summed E-state index contributed by atoms with van der Waals surface area (Å²) in [7, 11) is 0. The summed E-state index contributed by atoms with van der Waals surface area (Å²) in [6.07, 6.45) is 0. The number of primary amides is 1. The highest BCUT2D eigenvalue weighted by atomic mass is 35.5. The fourth-order valence-electron chi connectivity index (χ4n) is 1.76. The molecule has 0 aliphatic rings. The third-order valence-corrected chi connectivity index (χ3v) is 3.55. The summed E-state index contributed by atoms with van der Waals surface area (Å²) in [5.41, 5.74) is 5.11. The number of carbonyl (C=O) groups is 1. The van der Waals surface area contributed by atoms with E-state index in [2.05, 4.69) is 5.32 Å². The van der Waals surface area contributed by atoms with Crippen LogP contribution in [-0.4, -0.2) is 5.91 Å². The zero-order chi connectivity index (χ0) is 15.6. The first-order valence-electron chi connectivity index (χ1n) is 5.85. The highest BCUT2D eigenvalue weighted by Crippen LogP contribution is 2.26. The van der Waals surface area contributed by atoms with Crippen LogP contribution in [0.4, 0.5) is 14.5 Å². The lowest BCUT2D eigenvalue weighted by Gasteiger charge is -2.11. The number of nitrogens with two attached hydrogens (primary N) is 1. The van der Waals surface area contributed by atoms with E-state index in [9.17, 15) is 13.6 Å². The standard InChI is InChI=1S/C14H10Cl2F2N2O/c15-9-2-1-3-10(16)8(9)6-20-13-4-7(14(19)21)11(17)5-12(13)18/h1-5,20H,6H2,(H2,19,21). The molecule has 0 bridgehead atoms. The van der Waals surface area contributed by atoms with Crippen LogP contribution in [0.15, 0.2) is 30.3 Å². The summed E-state index contributed by atoms with van der Waals surface area (Å²) in [4.78, 5) is 11.1. The van der Waals surface area contributed by atoms with E-state index in [1.807, 2.05) is 0 Å². The average Bonchev–Trinajstić information content (AvgIpc) is 2.39. The molecule has 0 atom stereocenters. The first-order chi connectivity index (χ1) is 9.90. The van der Waals surface area contributed by atoms with Crippen LogP contribution in [0.1, 0.15) is 15.9 Å². The number of hydrogen-bond donors (Lipinski definition) is 2. The number of hydrogen-bond acceptors (Lipinski definition) is 2. The van der Waals surface area contributed by atoms with E-state index in [1.165, 1.54) is 0 Å². The molecule has 3 N–H and O–H groups in total. The van der Waals surface area contributed by atoms with Gasteiger partial charge in [0.15, 0.2) is 0 Å². The van der Waals surface area contributed by atoms with Crippen molar-refractivity contribution in [3.8, 4) is 0 Å². The van der Waals surface area contributed by atoms with E-state index in [1.54, 1.807) is 18.2 Å². The molecule has 0 aliphatic carbocycles. The van der Waals surface area contributed by atoms with Crippen LogP contribution in [0.5, 0.6) is 0 Å². The van der Waals surface area contributed by atoms with Crippen LogP contribution in [-0.2, 0) is 6.54 Å². The molecule has 7 heteroatoms. The van der Waals surface area contributed by atoms with E-state index in [-0.39, 0.29) is 12.2 Å². The summed E-state index contributed by atoms with van der Waals surface area (Å²) >= 11 is 12.0. The van der Waals surface area contributed by atoms with Gasteiger partial charge >= 0.3 is 0 Å². The molecule has 2 aromatic carbocycles. The second kappa shape index (κ2) is 6.28. The number of amides is 1. The fourth-order valence-corrected chi connectivity index (χ4v) is 2.29. The van der Waals surface area contributed by atoms with Crippen LogP contribution in [0.25, 0.3) is 0 Å². The summed E-state index contributed by atoms with van der Waals surface area (Å²) in [6, 6.07) is 6.56. The Balaban J connectivity index is 2.28. The van der Waals surface area contributed by atoms with Crippen molar-refractivity contribution in [1.82, 2.24) is 0 Å². The lowest BCUT2D eigenvalue weighted by molar-refractivity contribution is 0.0996. The Morgan fingerprint density at radius 2 is 1.76 bits per heavy atom. The number of carbonyl (C=O) groups excluding carboxylic acids is 1. The third-order valence-electron chi connectivity index (χ3n) is 2.84. The monoisotopic (exact) mass is 330 g/mol. The van der Waals surface area contributed by atoms with Gasteiger partial charge in [-0.2, -0.15) is 0 Å². The first-order valence-corrected chi connectivity index (χ1v) is 6.61. The predicted octanol–water partition coefficient (Wildman–Crippen LogP) is 3.98. The quantitative estimate of drug-likeness (QED) is 0.890. The Morgan fingerprint density at radius 1 is 1.14 bits per heavy atom. The molecule has 2 aromatic rings. The van der Waals surface area contributed by atoms with Gasteiger partial charge < -0.3 is 11.1 Å². The Labute approximate surface area is 129 Å². The lowest BCUT2D eigenvalue weighted by atomic mass is 10.1. The van der Waals surface area contributed by atoms with Gasteiger partial charge in [0.2, 0.25) is 0 Å². The maximum Gasteiger partial charge on any atom is 0.251 e. The van der Waals surface area contributed by atoms with Gasteiger partial charge in [-0.3, -0.25) is 4.79 Å². The first kappa shape index (κ1) is 15.5. The van der Waals surface area contributed by atoms with Crippen molar-refractivity contribution in [2.24, 2.45) is 5.73 Å². The molecule has 110 valence electrons. The molecule has 0 saturated heterocycles. The molecule has 0 radical (unpaired) electrons. The molecule has 0 heterocycles. The summed E-state index contributed by atoms with van der Waals surface area (Å²) in [6.45, 7) is 0.110. The topological polar surface area (TPSA) is 55.1 Å². The van der Waals surface area contributed by atoms with Gasteiger partial charge in [0, 0.05) is 28.2 Å². The highest BCUT2D eigenvalue weighted by molar-refractivity contribution is 6.36. The predicted molar refractivity (Wildman–Crippen MR) is 78.7 cm³/mol. The van der Waals surface area contributed by atoms with Crippen molar-refractivity contribution in [3.63, 3.8) is 0 Å². The maximum atomic E-state index is 13.7. The van der Waals surface area contributed by atoms with Gasteiger partial charge in [0.05, 0.1) is 11.3 Å². The number of rotatable bonds is 4. The van der Waals surface area contributed by atoms with Crippen molar-refractivity contribution in [2.45, 2.75) is 6.54 Å². The summed E-state index contributed by atoms with van der Waals surface area (Å²) in [5.74, 6) is -2.84. The Kier molecular flexibility index (Phi) is 4.65. The number of halogens is 4. The van der Waals surface area contributed by atoms with E-state index in [0.29, 0.717) is 21.7 Å². The van der Waals surface area contributed by atoms with Gasteiger partial charge in [0.25, 0.3) is 5.91 Å². The average molecular weight is 331 g/mol. The molecule has 2 rings (SSSR count). The van der Waals surface area contributed by atoms with E-state index >= 15 is 0 Å². The number of anilines is 1. The van der Waals surface area contributed by atoms with Gasteiger partial charge in [-0.25, -0.2) is 8.78 Å². The zero-order valence-corrected chi connectivity index (χ0v) is 12.1. The summed E-state index contributed by atoms with van der Waals surface area (Å²) < 4.78 is 27.0. The maximum absolute atomic E-state index is 13.7. The van der Waals surface area contributed by atoms with Gasteiger partial charge in [-0.1, -0.05) is 29.3 Å². The fraction of sp³-hybridized carbons (Fsp3) is 0.0714. The molecule has 0 spiro atoms. The molecule has 0 aliphatic heterocycles. The SMILES string of the molecule is NC(=O)c1cc(NCc2c(Cl)cccc2Cl)c(F)cc1F. The van der Waals surface area contributed by atoms with E-state index < -0.39 is 23.1 Å². The minimum atomic E-state index is -1.01. The van der Waals surface area contributed by atoms with E-state index in [4.69, 9.17) is 28.9 Å². The largest absolute Gasteiger partial charge is 0.378 e. The van der Waals surface area contributed by atoms with Gasteiger partial charge in [0.1, 0.15) is 11.6 Å². The second-order valence-corrected chi connectivity index (χ2v) is 5.04.